The van der Waals surface area contributed by atoms with Crippen LogP contribution in [0.2, 0.25) is 0 Å². The lowest BCUT2D eigenvalue weighted by molar-refractivity contribution is -0.384. The summed E-state index contributed by atoms with van der Waals surface area (Å²) in [6.45, 7) is 4.78. The van der Waals surface area contributed by atoms with E-state index in [2.05, 4.69) is 10.4 Å². The SMILES string of the molecule is CCc1ccc(C(=O)Nc2cc(C)nn2-c2ccc([N+](=O)[O-])cc2)cc1S(=O)(=O)N1CCOCC1. The topological polar surface area (TPSA) is 137 Å². The van der Waals surface area contributed by atoms with E-state index in [0.29, 0.717) is 42.4 Å². The summed E-state index contributed by atoms with van der Waals surface area (Å²) in [5.41, 5.74) is 1.89. The van der Waals surface area contributed by atoms with E-state index in [-0.39, 0.29) is 29.2 Å². The molecule has 3 aromatic rings. The van der Waals surface area contributed by atoms with Crippen LogP contribution in [0.3, 0.4) is 0 Å². The van der Waals surface area contributed by atoms with Crippen LogP contribution in [0.4, 0.5) is 11.5 Å². The zero-order valence-corrected chi connectivity index (χ0v) is 20.1. The van der Waals surface area contributed by atoms with Crippen molar-refractivity contribution in [2.45, 2.75) is 25.2 Å². The van der Waals surface area contributed by atoms with Gasteiger partial charge in [0, 0.05) is 36.9 Å². The maximum Gasteiger partial charge on any atom is 0.269 e. The second-order valence-corrected chi connectivity index (χ2v) is 9.91. The Kier molecular flexibility index (Phi) is 6.96. The van der Waals surface area contributed by atoms with Crippen LogP contribution in [0.1, 0.15) is 28.5 Å². The van der Waals surface area contributed by atoms with Gasteiger partial charge < -0.3 is 10.1 Å². The molecule has 0 aliphatic carbocycles. The van der Waals surface area contributed by atoms with E-state index >= 15 is 0 Å². The number of nitrogens with one attached hydrogen (secondary N) is 1. The fourth-order valence-corrected chi connectivity index (χ4v) is 5.57. The van der Waals surface area contributed by atoms with Gasteiger partial charge in [0.1, 0.15) is 5.82 Å². The molecule has 1 fully saturated rings. The average molecular weight is 500 g/mol. The van der Waals surface area contributed by atoms with Crippen LogP contribution in [0.25, 0.3) is 5.69 Å². The average Bonchev–Trinajstić information content (AvgIpc) is 3.23. The number of amides is 1. The van der Waals surface area contributed by atoms with Gasteiger partial charge in [0.15, 0.2) is 0 Å². The van der Waals surface area contributed by atoms with Gasteiger partial charge in [-0.1, -0.05) is 13.0 Å². The first-order valence-electron chi connectivity index (χ1n) is 11.0. The first-order chi connectivity index (χ1) is 16.7. The quantitative estimate of drug-likeness (QED) is 0.390. The number of non-ortho nitro benzene ring substituents is 1. The highest BCUT2D eigenvalue weighted by Crippen LogP contribution is 2.25. The fraction of sp³-hybridized carbons (Fsp3) is 0.304. The van der Waals surface area contributed by atoms with Crippen molar-refractivity contribution in [2.24, 2.45) is 0 Å². The third kappa shape index (κ3) is 5.09. The molecule has 0 atom stereocenters. The summed E-state index contributed by atoms with van der Waals surface area (Å²) >= 11 is 0. The Bertz CT molecular complexity index is 1360. The number of rotatable bonds is 7. The summed E-state index contributed by atoms with van der Waals surface area (Å²) in [7, 11) is -3.79. The molecule has 0 spiro atoms. The van der Waals surface area contributed by atoms with Crippen molar-refractivity contribution < 1.29 is 22.9 Å². The Morgan fingerprint density at radius 1 is 1.14 bits per heavy atom. The largest absolute Gasteiger partial charge is 0.379 e. The van der Waals surface area contributed by atoms with Gasteiger partial charge in [-0.3, -0.25) is 14.9 Å². The van der Waals surface area contributed by atoms with Gasteiger partial charge in [-0.05, 0) is 43.2 Å². The van der Waals surface area contributed by atoms with Gasteiger partial charge in [0.25, 0.3) is 11.6 Å². The van der Waals surface area contributed by atoms with E-state index in [1.54, 1.807) is 25.1 Å². The maximum absolute atomic E-state index is 13.3. The van der Waals surface area contributed by atoms with Crippen LogP contribution < -0.4 is 5.32 Å². The molecule has 12 heteroatoms. The summed E-state index contributed by atoms with van der Waals surface area (Å²) in [4.78, 5) is 23.7. The van der Waals surface area contributed by atoms with E-state index in [1.807, 2.05) is 6.92 Å². The van der Waals surface area contributed by atoms with Gasteiger partial charge in [-0.25, -0.2) is 13.1 Å². The van der Waals surface area contributed by atoms with Crippen molar-refractivity contribution in [3.8, 4) is 5.69 Å². The Hall–Kier alpha value is -3.61. The zero-order valence-electron chi connectivity index (χ0n) is 19.3. The van der Waals surface area contributed by atoms with Crippen LogP contribution in [0.15, 0.2) is 53.4 Å². The predicted molar refractivity (Wildman–Crippen MR) is 128 cm³/mol. The third-order valence-corrected chi connectivity index (χ3v) is 7.66. The summed E-state index contributed by atoms with van der Waals surface area (Å²) in [6, 6.07) is 12.1. The van der Waals surface area contributed by atoms with E-state index in [0.717, 1.165) is 0 Å². The number of carbonyl (C=O) groups excluding carboxylic acids is 1. The summed E-state index contributed by atoms with van der Waals surface area (Å²) < 4.78 is 34.7. The minimum Gasteiger partial charge on any atom is -0.379 e. The van der Waals surface area contributed by atoms with E-state index in [1.165, 1.54) is 39.3 Å². The number of benzene rings is 2. The van der Waals surface area contributed by atoms with Crippen molar-refractivity contribution in [2.75, 3.05) is 31.6 Å². The van der Waals surface area contributed by atoms with Crippen LogP contribution >= 0.6 is 0 Å². The van der Waals surface area contributed by atoms with E-state index in [9.17, 15) is 23.3 Å². The van der Waals surface area contributed by atoms with Gasteiger partial charge >= 0.3 is 0 Å². The molecule has 0 unspecified atom stereocenters. The minimum atomic E-state index is -3.79. The molecule has 11 nitrogen and oxygen atoms in total. The number of hydrogen-bond donors (Lipinski definition) is 1. The van der Waals surface area contributed by atoms with E-state index in [4.69, 9.17) is 4.74 Å². The van der Waals surface area contributed by atoms with Crippen LogP contribution in [-0.4, -0.2) is 59.6 Å². The van der Waals surface area contributed by atoms with Crippen LogP contribution in [0.5, 0.6) is 0 Å². The molecule has 1 aliphatic heterocycles. The predicted octanol–water partition coefficient (Wildman–Crippen LogP) is 2.92. The van der Waals surface area contributed by atoms with E-state index < -0.39 is 20.9 Å². The van der Waals surface area contributed by atoms with Crippen molar-refractivity contribution in [1.29, 1.82) is 0 Å². The van der Waals surface area contributed by atoms with Gasteiger partial charge in [0.2, 0.25) is 10.0 Å². The van der Waals surface area contributed by atoms with Crippen molar-refractivity contribution in [3.05, 3.63) is 75.5 Å². The number of aryl methyl sites for hydroxylation is 2. The van der Waals surface area contributed by atoms with Crippen LogP contribution in [-0.2, 0) is 21.2 Å². The Balaban J connectivity index is 1.64. The first-order valence-corrected chi connectivity index (χ1v) is 12.5. The number of nitro benzene ring substituents is 1. The highest BCUT2D eigenvalue weighted by molar-refractivity contribution is 7.89. The monoisotopic (exact) mass is 499 g/mol. The molecule has 0 radical (unpaired) electrons. The van der Waals surface area contributed by atoms with Crippen molar-refractivity contribution in [1.82, 2.24) is 14.1 Å². The molecule has 1 amide bonds. The molecule has 184 valence electrons. The Labute approximate surface area is 202 Å². The Morgan fingerprint density at radius 2 is 1.83 bits per heavy atom. The van der Waals surface area contributed by atoms with Crippen molar-refractivity contribution >= 4 is 27.4 Å². The van der Waals surface area contributed by atoms with Gasteiger partial charge in [0.05, 0.1) is 34.4 Å². The lowest BCUT2D eigenvalue weighted by atomic mass is 10.1. The second kappa shape index (κ2) is 9.94. The summed E-state index contributed by atoms with van der Waals surface area (Å²) in [5.74, 6) is -0.160. The van der Waals surface area contributed by atoms with Crippen LogP contribution in [0, 0.1) is 17.0 Å². The molecule has 0 saturated carbocycles. The lowest BCUT2D eigenvalue weighted by Crippen LogP contribution is -2.41. The molecule has 1 saturated heterocycles. The second-order valence-electron chi connectivity index (χ2n) is 8.00. The third-order valence-electron chi connectivity index (χ3n) is 5.68. The standard InChI is InChI=1S/C23H25N5O6S/c1-3-17-4-5-18(15-21(17)35(32,33)26-10-12-34-13-11-26)23(29)24-22-14-16(2)25-27(22)19-6-8-20(9-7-19)28(30)31/h4-9,14-15H,3,10-13H2,1-2H3,(H,24,29). The molecular formula is C23H25N5O6S. The normalized spacial score (nSPS) is 14.6. The molecule has 4 rings (SSSR count). The van der Waals surface area contributed by atoms with Gasteiger partial charge in [-0.2, -0.15) is 9.40 Å². The number of aromatic nitrogens is 2. The first kappa shape index (κ1) is 24.5. The fourth-order valence-electron chi connectivity index (χ4n) is 3.84. The number of carbonyl (C=O) groups is 1. The number of nitrogens with zero attached hydrogens (tertiary/aromatic N) is 4. The molecule has 2 heterocycles. The molecule has 1 N–H and O–H groups in total. The lowest BCUT2D eigenvalue weighted by Gasteiger charge is -2.27. The molecule has 0 bridgehead atoms. The highest BCUT2D eigenvalue weighted by atomic mass is 32.2. The number of morpholine rings is 1. The molecular weight excluding hydrogens is 474 g/mol. The maximum atomic E-state index is 13.3. The smallest absolute Gasteiger partial charge is 0.269 e. The zero-order chi connectivity index (χ0) is 25.2. The van der Waals surface area contributed by atoms with Crippen molar-refractivity contribution in [3.63, 3.8) is 0 Å². The summed E-state index contributed by atoms with van der Waals surface area (Å²) in [6.07, 6.45) is 0.493. The molecule has 1 aromatic heterocycles. The number of anilines is 1. The van der Waals surface area contributed by atoms with Gasteiger partial charge in [-0.15, -0.1) is 0 Å². The minimum absolute atomic E-state index is 0.0618. The highest BCUT2D eigenvalue weighted by Gasteiger charge is 2.29. The molecule has 2 aromatic carbocycles. The molecule has 35 heavy (non-hydrogen) atoms. The number of sulfonamides is 1. The number of hydrogen-bond acceptors (Lipinski definition) is 7. The molecule has 1 aliphatic rings. The summed E-state index contributed by atoms with van der Waals surface area (Å²) in [5, 5.41) is 18.1. The number of nitro groups is 1. The number of ether oxygens (including phenoxy) is 1. The Morgan fingerprint density at radius 3 is 2.46 bits per heavy atom.